The summed E-state index contributed by atoms with van der Waals surface area (Å²) in [6.07, 6.45) is 0.611. The van der Waals surface area contributed by atoms with Gasteiger partial charge >= 0.3 is 6.09 Å². The maximum atomic E-state index is 11.3. The lowest BCUT2D eigenvalue weighted by Crippen LogP contribution is -2.51. The Balaban J connectivity index is 5.04. The van der Waals surface area contributed by atoms with Gasteiger partial charge in [-0.3, -0.25) is 0 Å². The normalized spacial score (nSPS) is 14.1. The van der Waals surface area contributed by atoms with Crippen LogP contribution in [-0.4, -0.2) is 42.3 Å². The number of hydroxylamine groups is 2. The Labute approximate surface area is 110 Å². The summed E-state index contributed by atoms with van der Waals surface area (Å²) in [6, 6.07) is -0.526. The van der Waals surface area contributed by atoms with E-state index < -0.39 is 20.5 Å². The van der Waals surface area contributed by atoms with Crippen LogP contribution < -0.4 is 0 Å². The second-order valence-corrected chi connectivity index (χ2v) is 10.5. The van der Waals surface area contributed by atoms with E-state index in [1.54, 1.807) is 0 Å². The number of nitrogens with zero attached hydrogens (tertiary/aromatic N) is 1. The standard InChI is InChI=1S/C12H25NO4Si/c1-7-10(8-9-14)13(11(15)16)17-18(5,6)12(2,3)4/h7,10,14H,1,8-9H2,2-6H3,(H,15,16)/t10-/m1/s1. The number of carboxylic acid groups (broad SMARTS) is 1. The summed E-state index contributed by atoms with van der Waals surface area (Å²) >= 11 is 0. The van der Waals surface area contributed by atoms with Crippen LogP contribution >= 0.6 is 0 Å². The van der Waals surface area contributed by atoms with Crippen LogP contribution in [0.2, 0.25) is 18.1 Å². The van der Waals surface area contributed by atoms with Crippen molar-refractivity contribution in [2.45, 2.75) is 51.4 Å². The van der Waals surface area contributed by atoms with Gasteiger partial charge in [-0.05, 0) is 24.6 Å². The number of hydrogen-bond donors (Lipinski definition) is 2. The van der Waals surface area contributed by atoms with Gasteiger partial charge < -0.3 is 14.7 Å². The van der Waals surface area contributed by atoms with Crippen LogP contribution in [-0.2, 0) is 4.53 Å². The van der Waals surface area contributed by atoms with E-state index in [0.717, 1.165) is 5.06 Å². The molecule has 0 radical (unpaired) electrons. The molecule has 0 bridgehead atoms. The van der Waals surface area contributed by atoms with Gasteiger partial charge in [0.25, 0.3) is 0 Å². The van der Waals surface area contributed by atoms with E-state index in [1.807, 2.05) is 33.9 Å². The number of amides is 1. The van der Waals surface area contributed by atoms with Crippen molar-refractivity contribution in [1.29, 1.82) is 0 Å². The second kappa shape index (κ2) is 6.35. The highest BCUT2D eigenvalue weighted by Crippen LogP contribution is 2.37. The smallest absolute Gasteiger partial charge is 0.431 e. The molecule has 106 valence electrons. The van der Waals surface area contributed by atoms with Gasteiger partial charge in [0.1, 0.15) is 0 Å². The molecule has 2 N–H and O–H groups in total. The number of aliphatic hydroxyl groups is 1. The molecule has 0 aromatic carbocycles. The molecule has 0 aromatic heterocycles. The molecule has 0 aliphatic rings. The summed E-state index contributed by atoms with van der Waals surface area (Å²) < 4.78 is 5.76. The van der Waals surface area contributed by atoms with Crippen LogP contribution in [0.25, 0.3) is 0 Å². The molecule has 0 aromatic rings. The fourth-order valence-corrected chi connectivity index (χ4v) is 2.07. The molecule has 1 atom stereocenters. The number of hydrogen-bond acceptors (Lipinski definition) is 3. The van der Waals surface area contributed by atoms with Gasteiger partial charge in [-0.25, -0.2) is 4.79 Å². The molecule has 0 spiro atoms. The molecule has 0 aliphatic carbocycles. The SMILES string of the molecule is C=C[C@H](CCO)N(O[Si](C)(C)C(C)(C)C)C(=O)O. The van der Waals surface area contributed by atoms with E-state index in [4.69, 9.17) is 9.63 Å². The van der Waals surface area contributed by atoms with Crippen LogP contribution in [0.5, 0.6) is 0 Å². The Morgan fingerprint density at radius 1 is 1.50 bits per heavy atom. The average molecular weight is 275 g/mol. The van der Waals surface area contributed by atoms with E-state index in [9.17, 15) is 9.90 Å². The van der Waals surface area contributed by atoms with Gasteiger partial charge in [-0.1, -0.05) is 26.8 Å². The molecule has 5 nitrogen and oxygen atoms in total. The van der Waals surface area contributed by atoms with E-state index >= 15 is 0 Å². The van der Waals surface area contributed by atoms with Gasteiger partial charge in [0.05, 0.1) is 6.04 Å². The average Bonchev–Trinajstić information content (AvgIpc) is 2.21. The van der Waals surface area contributed by atoms with Crippen molar-refractivity contribution in [3.63, 3.8) is 0 Å². The van der Waals surface area contributed by atoms with Crippen LogP contribution in [0, 0.1) is 0 Å². The summed E-state index contributed by atoms with van der Waals surface area (Å²) in [5.74, 6) is 0. The topological polar surface area (TPSA) is 70.0 Å². The van der Waals surface area contributed by atoms with Crippen molar-refractivity contribution < 1.29 is 19.5 Å². The molecule has 0 saturated carbocycles. The zero-order valence-electron chi connectivity index (χ0n) is 11.9. The van der Waals surface area contributed by atoms with Crippen molar-refractivity contribution in [1.82, 2.24) is 5.06 Å². The van der Waals surface area contributed by atoms with Crippen molar-refractivity contribution in [3.05, 3.63) is 12.7 Å². The highest BCUT2D eigenvalue weighted by Gasteiger charge is 2.42. The number of aliphatic hydroxyl groups excluding tert-OH is 1. The molecular weight excluding hydrogens is 250 g/mol. The van der Waals surface area contributed by atoms with E-state index in [0.29, 0.717) is 0 Å². The molecule has 0 aliphatic heterocycles. The molecule has 0 heterocycles. The van der Waals surface area contributed by atoms with E-state index in [2.05, 4.69) is 6.58 Å². The Bertz CT molecular complexity index is 299. The Morgan fingerprint density at radius 2 is 2.00 bits per heavy atom. The fourth-order valence-electron chi connectivity index (χ4n) is 1.09. The molecule has 18 heavy (non-hydrogen) atoms. The van der Waals surface area contributed by atoms with Gasteiger partial charge in [0.2, 0.25) is 8.32 Å². The predicted molar refractivity (Wildman–Crippen MR) is 73.8 cm³/mol. The van der Waals surface area contributed by atoms with E-state index in [-0.39, 0.29) is 18.1 Å². The molecule has 0 saturated heterocycles. The first kappa shape index (κ1) is 17.1. The van der Waals surface area contributed by atoms with Crippen molar-refractivity contribution >= 4 is 14.4 Å². The van der Waals surface area contributed by atoms with Crippen molar-refractivity contribution in [2.24, 2.45) is 0 Å². The molecular formula is C12H25NO4Si. The van der Waals surface area contributed by atoms with Crippen LogP contribution in [0.15, 0.2) is 12.7 Å². The highest BCUT2D eigenvalue weighted by atomic mass is 28.4. The predicted octanol–water partition coefficient (Wildman–Crippen LogP) is 2.84. The zero-order chi connectivity index (χ0) is 14.6. The van der Waals surface area contributed by atoms with E-state index in [1.165, 1.54) is 6.08 Å². The van der Waals surface area contributed by atoms with Gasteiger partial charge in [-0.15, -0.1) is 6.58 Å². The number of rotatable bonds is 6. The van der Waals surface area contributed by atoms with Crippen LogP contribution in [0.1, 0.15) is 27.2 Å². The third-order valence-electron chi connectivity index (χ3n) is 3.32. The van der Waals surface area contributed by atoms with Crippen molar-refractivity contribution in [2.75, 3.05) is 6.61 Å². The molecule has 0 rings (SSSR count). The Morgan fingerprint density at radius 3 is 2.28 bits per heavy atom. The summed E-state index contributed by atoms with van der Waals surface area (Å²) in [5.41, 5.74) is 0. The quantitative estimate of drug-likeness (QED) is 0.444. The first-order chi connectivity index (χ1) is 8.06. The minimum absolute atomic E-state index is 0.0916. The highest BCUT2D eigenvalue weighted by molar-refractivity contribution is 6.74. The lowest BCUT2D eigenvalue weighted by Gasteiger charge is -2.40. The number of carbonyl (C=O) groups is 1. The Kier molecular flexibility index (Phi) is 6.05. The minimum atomic E-state index is -2.22. The summed E-state index contributed by atoms with van der Waals surface area (Å²) in [5, 5.41) is 19.0. The monoisotopic (exact) mass is 275 g/mol. The van der Waals surface area contributed by atoms with Gasteiger partial charge in [0.15, 0.2) is 0 Å². The maximum Gasteiger partial charge on any atom is 0.431 e. The first-order valence-electron chi connectivity index (χ1n) is 6.01. The molecule has 1 amide bonds. The summed E-state index contributed by atoms with van der Waals surface area (Å²) in [4.78, 5) is 11.3. The lowest BCUT2D eigenvalue weighted by molar-refractivity contribution is -0.0727. The van der Waals surface area contributed by atoms with Crippen molar-refractivity contribution in [3.8, 4) is 0 Å². The van der Waals surface area contributed by atoms with Crippen LogP contribution in [0.3, 0.4) is 0 Å². The maximum absolute atomic E-state index is 11.3. The largest absolute Gasteiger partial charge is 0.463 e. The fraction of sp³-hybridized carbons (Fsp3) is 0.750. The lowest BCUT2D eigenvalue weighted by atomic mass is 10.2. The third-order valence-corrected chi connectivity index (χ3v) is 7.58. The first-order valence-corrected chi connectivity index (χ1v) is 8.92. The molecule has 6 heteroatoms. The minimum Gasteiger partial charge on any atom is -0.463 e. The van der Waals surface area contributed by atoms with Crippen LogP contribution in [0.4, 0.5) is 4.79 Å². The molecule has 0 unspecified atom stereocenters. The zero-order valence-corrected chi connectivity index (χ0v) is 12.9. The summed E-state index contributed by atoms with van der Waals surface area (Å²) in [7, 11) is -2.22. The Hall–Kier alpha value is -0.853. The molecule has 0 fully saturated rings. The second-order valence-electron chi connectivity index (χ2n) is 5.78. The van der Waals surface area contributed by atoms with Gasteiger partial charge in [0, 0.05) is 6.61 Å². The summed E-state index contributed by atoms with van der Waals surface area (Å²) in [6.45, 7) is 13.5. The third kappa shape index (κ3) is 4.43. The van der Waals surface area contributed by atoms with Gasteiger partial charge in [-0.2, -0.15) is 5.06 Å².